The van der Waals surface area contributed by atoms with Gasteiger partial charge in [-0.1, -0.05) is 13.8 Å². The molecule has 1 N–H and O–H groups in total. The molecule has 0 saturated heterocycles. The summed E-state index contributed by atoms with van der Waals surface area (Å²) in [6.45, 7) is 6.10. The van der Waals surface area contributed by atoms with Crippen LogP contribution in [0.25, 0.3) is 0 Å². The molecular weight excluding hydrogens is 182 g/mol. The third kappa shape index (κ3) is 13.5. The van der Waals surface area contributed by atoms with E-state index in [-0.39, 0.29) is 11.9 Å². The number of carbonyl (C=O) groups excluding carboxylic acids is 2. The molecule has 4 nitrogen and oxygen atoms in total. The summed E-state index contributed by atoms with van der Waals surface area (Å²) < 4.78 is 4.45. The Kier molecular flexibility index (Phi) is 13.1. The van der Waals surface area contributed by atoms with Crippen molar-refractivity contribution in [3.63, 3.8) is 0 Å². The third-order valence-corrected chi connectivity index (χ3v) is 1.41. The van der Waals surface area contributed by atoms with Crippen molar-refractivity contribution in [2.75, 3.05) is 13.7 Å². The van der Waals surface area contributed by atoms with Gasteiger partial charge in [0.1, 0.15) is 0 Å². The van der Waals surface area contributed by atoms with E-state index in [1.165, 1.54) is 14.0 Å². The Bertz CT molecular complexity index is 157. The standard InChI is InChI=1S/C8H15NO3.C2H6/c1-7(10)9-6-4-3-5-8(11)12-2;1-2/h3-6H2,1-2H3,(H,9,10);1-2H3. The molecule has 0 radical (unpaired) electrons. The fourth-order valence-electron chi connectivity index (χ4n) is 0.761. The molecule has 0 heterocycles. The fourth-order valence-corrected chi connectivity index (χ4v) is 0.761. The second-order valence-electron chi connectivity index (χ2n) is 2.52. The van der Waals surface area contributed by atoms with Crippen LogP contribution in [-0.2, 0) is 14.3 Å². The minimum Gasteiger partial charge on any atom is -0.469 e. The molecule has 0 spiro atoms. The Morgan fingerprint density at radius 1 is 1.21 bits per heavy atom. The second-order valence-corrected chi connectivity index (χ2v) is 2.52. The summed E-state index contributed by atoms with van der Waals surface area (Å²) in [4.78, 5) is 21.0. The first-order chi connectivity index (χ1) is 6.66. The molecule has 0 saturated carbocycles. The van der Waals surface area contributed by atoms with Crippen LogP contribution in [0, 0.1) is 0 Å². The highest BCUT2D eigenvalue weighted by Crippen LogP contribution is 1.95. The van der Waals surface area contributed by atoms with Crippen molar-refractivity contribution in [2.45, 2.75) is 40.0 Å². The molecular formula is C10H21NO3. The van der Waals surface area contributed by atoms with Gasteiger partial charge in [0.05, 0.1) is 7.11 Å². The molecule has 0 aromatic rings. The van der Waals surface area contributed by atoms with E-state index < -0.39 is 0 Å². The summed E-state index contributed by atoms with van der Waals surface area (Å²) in [5, 5.41) is 2.65. The van der Waals surface area contributed by atoms with Crippen molar-refractivity contribution in [3.05, 3.63) is 0 Å². The zero-order chi connectivity index (χ0) is 11.4. The van der Waals surface area contributed by atoms with E-state index >= 15 is 0 Å². The maximum Gasteiger partial charge on any atom is 0.305 e. The summed E-state index contributed by atoms with van der Waals surface area (Å²) in [5.41, 5.74) is 0. The molecule has 0 rings (SSSR count). The van der Waals surface area contributed by atoms with Gasteiger partial charge in [-0.15, -0.1) is 0 Å². The van der Waals surface area contributed by atoms with Crippen molar-refractivity contribution >= 4 is 11.9 Å². The van der Waals surface area contributed by atoms with E-state index in [1.54, 1.807) is 0 Å². The van der Waals surface area contributed by atoms with E-state index in [0.717, 1.165) is 12.8 Å². The molecule has 0 aliphatic heterocycles. The molecule has 0 aromatic carbocycles. The van der Waals surface area contributed by atoms with Crippen LogP contribution in [0.5, 0.6) is 0 Å². The Labute approximate surface area is 86.0 Å². The lowest BCUT2D eigenvalue weighted by Crippen LogP contribution is -2.20. The highest BCUT2D eigenvalue weighted by atomic mass is 16.5. The maximum absolute atomic E-state index is 10.6. The smallest absolute Gasteiger partial charge is 0.305 e. The van der Waals surface area contributed by atoms with E-state index in [2.05, 4.69) is 10.1 Å². The predicted octanol–water partition coefficient (Wildman–Crippen LogP) is 1.49. The van der Waals surface area contributed by atoms with E-state index in [0.29, 0.717) is 13.0 Å². The maximum atomic E-state index is 10.6. The molecule has 0 bridgehead atoms. The van der Waals surface area contributed by atoms with Gasteiger partial charge in [0.2, 0.25) is 5.91 Å². The van der Waals surface area contributed by atoms with Crippen molar-refractivity contribution < 1.29 is 14.3 Å². The summed E-state index contributed by atoms with van der Waals surface area (Å²) in [7, 11) is 1.37. The average Bonchev–Trinajstić information content (AvgIpc) is 2.19. The molecule has 0 atom stereocenters. The normalized spacial score (nSPS) is 8.29. The van der Waals surface area contributed by atoms with Gasteiger partial charge in [0.25, 0.3) is 0 Å². The molecule has 0 unspecified atom stereocenters. The Morgan fingerprint density at radius 2 is 1.79 bits per heavy atom. The summed E-state index contributed by atoms with van der Waals surface area (Å²) in [6.07, 6.45) is 2.00. The largest absolute Gasteiger partial charge is 0.469 e. The summed E-state index contributed by atoms with van der Waals surface area (Å²) in [5.74, 6) is -0.231. The van der Waals surface area contributed by atoms with Gasteiger partial charge < -0.3 is 10.1 Å². The lowest BCUT2D eigenvalue weighted by molar-refractivity contribution is -0.140. The molecule has 0 aliphatic carbocycles. The van der Waals surface area contributed by atoms with Crippen LogP contribution in [0.4, 0.5) is 0 Å². The number of methoxy groups -OCH3 is 1. The second kappa shape index (κ2) is 11.9. The highest BCUT2D eigenvalue weighted by Gasteiger charge is 1.98. The van der Waals surface area contributed by atoms with Crippen molar-refractivity contribution in [2.24, 2.45) is 0 Å². The number of amides is 1. The van der Waals surface area contributed by atoms with Gasteiger partial charge in [-0.05, 0) is 12.8 Å². The van der Waals surface area contributed by atoms with E-state index in [1.807, 2.05) is 13.8 Å². The van der Waals surface area contributed by atoms with Gasteiger partial charge in [-0.2, -0.15) is 0 Å². The number of esters is 1. The first kappa shape index (κ1) is 15.4. The van der Waals surface area contributed by atoms with E-state index in [4.69, 9.17) is 0 Å². The molecule has 0 fully saturated rings. The SMILES string of the molecule is CC.COC(=O)CCCCNC(C)=O. The van der Waals surface area contributed by atoms with Crippen LogP contribution in [0.2, 0.25) is 0 Å². The van der Waals surface area contributed by atoms with Crippen LogP contribution in [0.15, 0.2) is 0 Å². The van der Waals surface area contributed by atoms with Gasteiger partial charge in [-0.25, -0.2) is 0 Å². The Morgan fingerprint density at radius 3 is 2.21 bits per heavy atom. The minimum atomic E-state index is -0.196. The van der Waals surface area contributed by atoms with Gasteiger partial charge in [-0.3, -0.25) is 9.59 Å². The van der Waals surface area contributed by atoms with Crippen LogP contribution in [0.1, 0.15) is 40.0 Å². The van der Waals surface area contributed by atoms with Crippen LogP contribution < -0.4 is 5.32 Å². The van der Waals surface area contributed by atoms with Crippen molar-refractivity contribution in [1.82, 2.24) is 5.32 Å². The monoisotopic (exact) mass is 203 g/mol. The average molecular weight is 203 g/mol. The molecule has 0 aliphatic rings. The van der Waals surface area contributed by atoms with Gasteiger partial charge in [0.15, 0.2) is 0 Å². The van der Waals surface area contributed by atoms with E-state index in [9.17, 15) is 9.59 Å². The third-order valence-electron chi connectivity index (χ3n) is 1.41. The summed E-state index contributed by atoms with van der Waals surface area (Å²) in [6, 6.07) is 0. The topological polar surface area (TPSA) is 55.4 Å². The molecule has 1 amide bonds. The zero-order valence-electron chi connectivity index (χ0n) is 9.55. The Balaban J connectivity index is 0. The van der Waals surface area contributed by atoms with Crippen molar-refractivity contribution in [3.8, 4) is 0 Å². The number of carbonyl (C=O) groups is 2. The summed E-state index contributed by atoms with van der Waals surface area (Å²) >= 11 is 0. The quantitative estimate of drug-likeness (QED) is 0.544. The van der Waals surface area contributed by atoms with Crippen LogP contribution in [0.3, 0.4) is 0 Å². The number of ether oxygens (including phenoxy) is 1. The fraction of sp³-hybridized carbons (Fsp3) is 0.800. The van der Waals surface area contributed by atoms with Crippen molar-refractivity contribution in [1.29, 1.82) is 0 Å². The van der Waals surface area contributed by atoms with Gasteiger partial charge in [0, 0.05) is 19.9 Å². The molecule has 14 heavy (non-hydrogen) atoms. The first-order valence-corrected chi connectivity index (χ1v) is 4.98. The van der Waals surface area contributed by atoms with Gasteiger partial charge >= 0.3 is 5.97 Å². The van der Waals surface area contributed by atoms with Crippen LogP contribution in [-0.4, -0.2) is 25.5 Å². The Hall–Kier alpha value is -1.06. The minimum absolute atomic E-state index is 0.0342. The number of unbranched alkanes of at least 4 members (excludes halogenated alkanes) is 1. The number of rotatable bonds is 5. The lowest BCUT2D eigenvalue weighted by Gasteiger charge is -2.00. The number of nitrogens with one attached hydrogen (secondary N) is 1. The zero-order valence-corrected chi connectivity index (χ0v) is 9.55. The van der Waals surface area contributed by atoms with Crippen LogP contribution >= 0.6 is 0 Å². The molecule has 0 aromatic heterocycles. The highest BCUT2D eigenvalue weighted by molar-refractivity contribution is 5.72. The molecule has 4 heteroatoms. The first-order valence-electron chi connectivity index (χ1n) is 4.98. The molecule has 84 valence electrons. The predicted molar refractivity (Wildman–Crippen MR) is 55.9 cm³/mol. The number of hydrogen-bond donors (Lipinski definition) is 1. The lowest BCUT2D eigenvalue weighted by atomic mass is 10.2. The number of hydrogen-bond acceptors (Lipinski definition) is 3.